The number of nitrogens with zero attached hydrogens (tertiary/aromatic N) is 1. The van der Waals surface area contributed by atoms with Crippen LogP contribution in [0.15, 0.2) is 70.2 Å². The first-order valence-corrected chi connectivity index (χ1v) is 11.8. The monoisotopic (exact) mass is 465 g/mol. The molecule has 0 spiro atoms. The Morgan fingerprint density at radius 3 is 2.49 bits per heavy atom. The molecule has 176 valence electrons. The molecular weight excluding hydrogens is 438 g/mol. The average molecular weight is 466 g/mol. The van der Waals surface area contributed by atoms with Gasteiger partial charge in [0.05, 0.1) is 5.71 Å². The molecule has 2 amide bonds. The maximum absolute atomic E-state index is 13.1. The Kier molecular flexibility index (Phi) is 5.95. The summed E-state index contributed by atoms with van der Waals surface area (Å²) < 4.78 is 6.01. The van der Waals surface area contributed by atoms with Crippen LogP contribution in [0.4, 0.5) is 5.69 Å². The second kappa shape index (κ2) is 9.22. The fourth-order valence-corrected chi connectivity index (χ4v) is 4.66. The average Bonchev–Trinajstić information content (AvgIpc) is 3.22. The molecule has 6 heteroatoms. The number of hydrogen-bond donors (Lipinski definition) is 2. The Labute approximate surface area is 204 Å². The second-order valence-corrected chi connectivity index (χ2v) is 8.94. The number of fused-ring (bicyclic) bond motifs is 2. The van der Waals surface area contributed by atoms with Crippen molar-refractivity contribution in [3.63, 3.8) is 0 Å². The first-order chi connectivity index (χ1) is 16.9. The fraction of sp³-hybridized carbons (Fsp3) is 0.207. The molecule has 0 radical (unpaired) electrons. The lowest BCUT2D eigenvalue weighted by atomic mass is 9.93. The Hall–Kier alpha value is -4.19. The van der Waals surface area contributed by atoms with Gasteiger partial charge >= 0.3 is 0 Å². The molecule has 2 N–H and O–H groups in total. The van der Waals surface area contributed by atoms with Crippen molar-refractivity contribution < 1.29 is 14.0 Å². The van der Waals surface area contributed by atoms with Gasteiger partial charge in [-0.3, -0.25) is 9.59 Å². The highest BCUT2D eigenvalue weighted by Gasteiger charge is 2.28. The van der Waals surface area contributed by atoms with E-state index in [1.807, 2.05) is 75.4 Å². The molecule has 35 heavy (non-hydrogen) atoms. The number of amides is 2. The van der Waals surface area contributed by atoms with Gasteiger partial charge in [-0.25, -0.2) is 5.43 Å². The number of carbonyl (C=O) groups is 2. The zero-order valence-electron chi connectivity index (χ0n) is 20.1. The van der Waals surface area contributed by atoms with E-state index in [1.165, 1.54) is 0 Å². The van der Waals surface area contributed by atoms with Crippen molar-refractivity contribution in [2.75, 3.05) is 5.32 Å². The number of hydrogen-bond acceptors (Lipinski definition) is 4. The summed E-state index contributed by atoms with van der Waals surface area (Å²) in [5.74, 6) is 0.462. The minimum Gasteiger partial charge on any atom is -0.455 e. The standard InChI is InChI=1S/C29H27N3O3/c1-17-9-6-14-23(18(17)2)30-29(34)27-19(3)26-24(15-8-16-25(26)35-27)31-32-28(33)22-13-7-11-20-10-4-5-12-21(20)22/h4-7,9-14H,8,15-16H2,1-3H3,(H,30,34)(H,32,33)/b31-24+. The maximum atomic E-state index is 13.1. The van der Waals surface area contributed by atoms with Crippen LogP contribution in [0.3, 0.4) is 0 Å². The predicted molar refractivity (Wildman–Crippen MR) is 138 cm³/mol. The lowest BCUT2D eigenvalue weighted by Gasteiger charge is -2.13. The molecule has 1 aliphatic carbocycles. The molecule has 1 aromatic heterocycles. The Balaban J connectivity index is 1.41. The van der Waals surface area contributed by atoms with Crippen LogP contribution in [0.1, 0.15) is 61.8 Å². The van der Waals surface area contributed by atoms with Crippen LogP contribution in [0.2, 0.25) is 0 Å². The molecule has 0 saturated carbocycles. The Morgan fingerprint density at radius 2 is 1.63 bits per heavy atom. The molecule has 0 aliphatic heterocycles. The van der Waals surface area contributed by atoms with Crippen molar-refractivity contribution in [3.05, 3.63) is 100 Å². The molecular formula is C29H27N3O3. The molecule has 0 unspecified atom stereocenters. The Bertz CT molecular complexity index is 1490. The van der Waals surface area contributed by atoms with Crippen LogP contribution in [0, 0.1) is 20.8 Å². The van der Waals surface area contributed by atoms with E-state index in [0.29, 0.717) is 12.0 Å². The SMILES string of the molecule is Cc1cccc(NC(=O)c2oc3c(c2C)/C(=N/NC(=O)c2cccc4ccccc24)CCC3)c1C. The van der Waals surface area contributed by atoms with Crippen LogP contribution < -0.4 is 10.7 Å². The maximum Gasteiger partial charge on any atom is 0.291 e. The van der Waals surface area contributed by atoms with Crippen LogP contribution in [-0.2, 0) is 6.42 Å². The summed E-state index contributed by atoms with van der Waals surface area (Å²) in [4.78, 5) is 26.1. The van der Waals surface area contributed by atoms with E-state index in [9.17, 15) is 9.59 Å². The van der Waals surface area contributed by atoms with E-state index >= 15 is 0 Å². The third-order valence-electron chi connectivity index (χ3n) is 6.71. The topological polar surface area (TPSA) is 83.7 Å². The van der Waals surface area contributed by atoms with Gasteiger partial charge in [0.25, 0.3) is 11.8 Å². The van der Waals surface area contributed by atoms with Gasteiger partial charge < -0.3 is 9.73 Å². The van der Waals surface area contributed by atoms with Crippen molar-refractivity contribution in [3.8, 4) is 0 Å². The number of carbonyl (C=O) groups excluding carboxylic acids is 2. The van der Waals surface area contributed by atoms with Crippen LogP contribution in [0.5, 0.6) is 0 Å². The lowest BCUT2D eigenvalue weighted by Crippen LogP contribution is -2.22. The smallest absolute Gasteiger partial charge is 0.291 e. The number of nitrogens with one attached hydrogen (secondary N) is 2. The summed E-state index contributed by atoms with van der Waals surface area (Å²) in [5, 5.41) is 9.33. The largest absolute Gasteiger partial charge is 0.455 e. The number of anilines is 1. The van der Waals surface area contributed by atoms with E-state index in [2.05, 4.69) is 15.8 Å². The number of hydrazone groups is 1. The highest BCUT2D eigenvalue weighted by atomic mass is 16.4. The Morgan fingerprint density at radius 1 is 0.857 bits per heavy atom. The van der Waals surface area contributed by atoms with Crippen molar-refractivity contribution in [2.24, 2.45) is 5.10 Å². The van der Waals surface area contributed by atoms with E-state index in [1.54, 1.807) is 6.07 Å². The van der Waals surface area contributed by atoms with Crippen LogP contribution in [0.25, 0.3) is 10.8 Å². The van der Waals surface area contributed by atoms with Crippen molar-refractivity contribution in [1.29, 1.82) is 0 Å². The zero-order chi connectivity index (χ0) is 24.5. The minimum absolute atomic E-state index is 0.268. The summed E-state index contributed by atoms with van der Waals surface area (Å²) >= 11 is 0. The van der Waals surface area contributed by atoms with Gasteiger partial charge in [0.2, 0.25) is 0 Å². The van der Waals surface area contributed by atoms with Gasteiger partial charge in [0, 0.05) is 28.8 Å². The highest BCUT2D eigenvalue weighted by Crippen LogP contribution is 2.31. The van der Waals surface area contributed by atoms with Gasteiger partial charge in [0.1, 0.15) is 5.76 Å². The van der Waals surface area contributed by atoms with Gasteiger partial charge in [-0.1, -0.05) is 48.5 Å². The highest BCUT2D eigenvalue weighted by molar-refractivity contribution is 6.11. The summed E-state index contributed by atoms with van der Waals surface area (Å²) in [6.07, 6.45) is 2.26. The van der Waals surface area contributed by atoms with Gasteiger partial charge in [0.15, 0.2) is 5.76 Å². The molecule has 5 rings (SSSR count). The van der Waals surface area contributed by atoms with Gasteiger partial charge in [-0.05, 0) is 67.6 Å². The summed E-state index contributed by atoms with van der Waals surface area (Å²) in [6, 6.07) is 19.2. The van der Waals surface area contributed by atoms with Crippen molar-refractivity contribution in [1.82, 2.24) is 5.43 Å². The van der Waals surface area contributed by atoms with Gasteiger partial charge in [-0.2, -0.15) is 5.10 Å². The third-order valence-corrected chi connectivity index (χ3v) is 6.71. The zero-order valence-corrected chi connectivity index (χ0v) is 20.1. The summed E-state index contributed by atoms with van der Waals surface area (Å²) in [5.41, 5.74) is 8.47. The molecule has 6 nitrogen and oxygen atoms in total. The quantitative estimate of drug-likeness (QED) is 0.358. The third kappa shape index (κ3) is 4.23. The number of furan rings is 1. The van der Waals surface area contributed by atoms with E-state index < -0.39 is 0 Å². The molecule has 4 aromatic rings. The van der Waals surface area contributed by atoms with Crippen LogP contribution >= 0.6 is 0 Å². The molecule has 1 aliphatic rings. The summed E-state index contributed by atoms with van der Waals surface area (Å²) in [7, 11) is 0. The first-order valence-electron chi connectivity index (χ1n) is 11.8. The van der Waals surface area contributed by atoms with E-state index in [0.717, 1.165) is 63.0 Å². The molecule has 1 heterocycles. The molecule has 0 fully saturated rings. The summed E-state index contributed by atoms with van der Waals surface area (Å²) in [6.45, 7) is 5.86. The number of rotatable bonds is 4. The van der Waals surface area contributed by atoms with Crippen molar-refractivity contribution >= 4 is 34.0 Å². The van der Waals surface area contributed by atoms with E-state index in [-0.39, 0.29) is 17.6 Å². The molecule has 0 bridgehead atoms. The molecule has 3 aromatic carbocycles. The van der Waals surface area contributed by atoms with Crippen molar-refractivity contribution in [2.45, 2.75) is 40.0 Å². The van der Waals surface area contributed by atoms with Gasteiger partial charge in [-0.15, -0.1) is 0 Å². The normalized spacial score (nSPS) is 14.1. The first kappa shape index (κ1) is 22.6. The number of benzene rings is 3. The molecule has 0 saturated heterocycles. The van der Waals surface area contributed by atoms with E-state index in [4.69, 9.17) is 4.42 Å². The predicted octanol–water partition coefficient (Wildman–Crippen LogP) is 6.08. The molecule has 0 atom stereocenters. The fourth-order valence-electron chi connectivity index (χ4n) is 4.66. The minimum atomic E-state index is -0.287. The second-order valence-electron chi connectivity index (χ2n) is 8.94. The lowest BCUT2D eigenvalue weighted by molar-refractivity contribution is 0.0955. The number of aryl methyl sites for hydroxylation is 2. The van der Waals surface area contributed by atoms with Crippen LogP contribution in [-0.4, -0.2) is 17.5 Å².